The van der Waals surface area contributed by atoms with Crippen molar-refractivity contribution in [1.29, 1.82) is 0 Å². The first-order chi connectivity index (χ1) is 11.8. The van der Waals surface area contributed by atoms with Crippen LogP contribution in [0.15, 0.2) is 42.5 Å². The number of benzene rings is 2. The molecule has 1 atom stereocenters. The maximum absolute atomic E-state index is 12.3. The lowest BCUT2D eigenvalue weighted by atomic mass is 10.1. The first kappa shape index (κ1) is 17.8. The van der Waals surface area contributed by atoms with Crippen LogP contribution in [-0.4, -0.2) is 26.7 Å². The molecular formula is C18H18ClNO4S. The Kier molecular flexibility index (Phi) is 4.75. The maximum Gasteiger partial charge on any atom is 0.338 e. The van der Waals surface area contributed by atoms with Gasteiger partial charge in [0.1, 0.15) is 6.61 Å². The summed E-state index contributed by atoms with van der Waals surface area (Å²) in [5, 5.41) is 0.623. The summed E-state index contributed by atoms with van der Waals surface area (Å²) in [5.74, 6) is -0.441. The molecule has 7 heteroatoms. The van der Waals surface area contributed by atoms with Crippen molar-refractivity contribution >= 4 is 33.3 Å². The lowest BCUT2D eigenvalue weighted by Crippen LogP contribution is -2.34. The summed E-state index contributed by atoms with van der Waals surface area (Å²) in [6, 6.07) is 11.9. The number of ether oxygens (including phenoxy) is 1. The van der Waals surface area contributed by atoms with Crippen molar-refractivity contribution in [2.45, 2.75) is 26.0 Å². The van der Waals surface area contributed by atoms with E-state index in [2.05, 4.69) is 0 Å². The molecule has 2 aromatic carbocycles. The van der Waals surface area contributed by atoms with Crippen molar-refractivity contribution in [1.82, 2.24) is 0 Å². The number of hydrogen-bond acceptors (Lipinski definition) is 4. The van der Waals surface area contributed by atoms with E-state index in [0.29, 0.717) is 22.7 Å². The van der Waals surface area contributed by atoms with Gasteiger partial charge in [-0.2, -0.15) is 0 Å². The first-order valence-corrected chi connectivity index (χ1v) is 10.0. The van der Waals surface area contributed by atoms with E-state index in [0.717, 1.165) is 11.1 Å². The van der Waals surface area contributed by atoms with Crippen molar-refractivity contribution in [2.24, 2.45) is 0 Å². The third-order valence-corrected chi connectivity index (χ3v) is 5.63. The minimum absolute atomic E-state index is 0.152. The zero-order valence-corrected chi connectivity index (χ0v) is 15.5. The highest BCUT2D eigenvalue weighted by Gasteiger charge is 2.32. The molecule has 1 aliphatic heterocycles. The molecule has 0 fully saturated rings. The predicted molar refractivity (Wildman–Crippen MR) is 97.5 cm³/mol. The van der Waals surface area contributed by atoms with Crippen molar-refractivity contribution in [3.05, 3.63) is 64.2 Å². The molecule has 25 heavy (non-hydrogen) atoms. The van der Waals surface area contributed by atoms with Gasteiger partial charge in [-0.05, 0) is 54.8 Å². The highest BCUT2D eigenvalue weighted by atomic mass is 35.5. The number of nitrogens with zero attached hydrogens (tertiary/aromatic N) is 1. The summed E-state index contributed by atoms with van der Waals surface area (Å²) in [5.41, 5.74) is 2.72. The van der Waals surface area contributed by atoms with Gasteiger partial charge in [0.05, 0.1) is 17.5 Å². The number of hydrogen-bond donors (Lipinski definition) is 0. The summed E-state index contributed by atoms with van der Waals surface area (Å²) in [7, 11) is -3.34. The van der Waals surface area contributed by atoms with Crippen LogP contribution < -0.4 is 4.31 Å². The molecule has 2 aromatic rings. The van der Waals surface area contributed by atoms with Crippen LogP contribution in [0.25, 0.3) is 0 Å². The van der Waals surface area contributed by atoms with Crippen LogP contribution in [-0.2, 0) is 27.8 Å². The lowest BCUT2D eigenvalue weighted by molar-refractivity contribution is 0.0472. The number of carbonyl (C=O) groups is 1. The van der Waals surface area contributed by atoms with Gasteiger partial charge >= 0.3 is 5.97 Å². The maximum atomic E-state index is 12.3. The molecule has 0 saturated carbocycles. The van der Waals surface area contributed by atoms with Gasteiger partial charge in [-0.1, -0.05) is 23.7 Å². The topological polar surface area (TPSA) is 63.7 Å². The second kappa shape index (κ2) is 6.69. The van der Waals surface area contributed by atoms with E-state index in [1.165, 1.54) is 10.6 Å². The van der Waals surface area contributed by atoms with Crippen molar-refractivity contribution in [3.63, 3.8) is 0 Å². The van der Waals surface area contributed by atoms with Crippen LogP contribution in [0.1, 0.15) is 28.4 Å². The van der Waals surface area contributed by atoms with E-state index in [1.807, 2.05) is 6.92 Å². The molecule has 1 unspecified atom stereocenters. The molecule has 0 aromatic heterocycles. The lowest BCUT2D eigenvalue weighted by Gasteiger charge is -2.21. The molecule has 0 spiro atoms. The summed E-state index contributed by atoms with van der Waals surface area (Å²) < 4.78 is 30.6. The number of carbonyl (C=O) groups excluding carboxylic acids is 1. The van der Waals surface area contributed by atoms with Crippen LogP contribution in [0, 0.1) is 0 Å². The zero-order chi connectivity index (χ0) is 18.2. The molecule has 1 aliphatic rings. The van der Waals surface area contributed by atoms with E-state index in [4.69, 9.17) is 16.3 Å². The SMILES string of the molecule is CC1Cc2cc(C(=O)OCc3ccc(Cl)cc3)ccc2N1S(C)(=O)=O. The number of halogens is 1. The van der Waals surface area contributed by atoms with E-state index >= 15 is 0 Å². The Balaban J connectivity index is 1.75. The zero-order valence-electron chi connectivity index (χ0n) is 13.9. The molecule has 0 aliphatic carbocycles. The standard InChI is InChI=1S/C18H18ClNO4S/c1-12-9-15-10-14(5-8-17(15)20(12)25(2,22)23)18(21)24-11-13-3-6-16(19)7-4-13/h3-8,10,12H,9,11H2,1-2H3. The normalized spacial score (nSPS) is 16.6. The number of esters is 1. The summed E-state index contributed by atoms with van der Waals surface area (Å²) in [4.78, 5) is 12.3. The van der Waals surface area contributed by atoms with Gasteiger partial charge in [-0.15, -0.1) is 0 Å². The predicted octanol–water partition coefficient (Wildman–Crippen LogP) is 3.41. The van der Waals surface area contributed by atoms with Crippen LogP contribution in [0.3, 0.4) is 0 Å². The Morgan fingerprint density at radius 2 is 1.92 bits per heavy atom. The Hall–Kier alpha value is -2.05. The fourth-order valence-electron chi connectivity index (χ4n) is 3.05. The molecule has 5 nitrogen and oxygen atoms in total. The number of fused-ring (bicyclic) bond motifs is 1. The quantitative estimate of drug-likeness (QED) is 0.764. The summed E-state index contributed by atoms with van der Waals surface area (Å²) in [6.45, 7) is 2.00. The Morgan fingerprint density at radius 1 is 1.24 bits per heavy atom. The monoisotopic (exact) mass is 379 g/mol. The van der Waals surface area contributed by atoms with E-state index in [1.54, 1.807) is 42.5 Å². The smallest absolute Gasteiger partial charge is 0.338 e. The third kappa shape index (κ3) is 3.80. The molecule has 0 amide bonds. The second-order valence-electron chi connectivity index (χ2n) is 6.16. The average molecular weight is 380 g/mol. The number of anilines is 1. The van der Waals surface area contributed by atoms with E-state index in [9.17, 15) is 13.2 Å². The molecule has 0 bridgehead atoms. The largest absolute Gasteiger partial charge is 0.457 e. The van der Waals surface area contributed by atoms with Gasteiger partial charge in [0.15, 0.2) is 0 Å². The highest BCUT2D eigenvalue weighted by molar-refractivity contribution is 7.92. The number of sulfonamides is 1. The Morgan fingerprint density at radius 3 is 2.56 bits per heavy atom. The molecular weight excluding hydrogens is 362 g/mol. The molecule has 1 heterocycles. The van der Waals surface area contributed by atoms with Crippen molar-refractivity contribution in [2.75, 3.05) is 10.6 Å². The van der Waals surface area contributed by atoms with E-state index in [-0.39, 0.29) is 12.6 Å². The van der Waals surface area contributed by atoms with Crippen molar-refractivity contribution < 1.29 is 17.9 Å². The molecule has 132 valence electrons. The molecule has 0 saturated heterocycles. The van der Waals surface area contributed by atoms with Crippen LogP contribution in [0.5, 0.6) is 0 Å². The van der Waals surface area contributed by atoms with Gasteiger partial charge in [0.2, 0.25) is 10.0 Å². The third-order valence-electron chi connectivity index (χ3n) is 4.11. The second-order valence-corrected chi connectivity index (χ2v) is 8.45. The Labute approximate surface area is 152 Å². The molecule has 0 N–H and O–H groups in total. The minimum Gasteiger partial charge on any atom is -0.457 e. The van der Waals surface area contributed by atoms with Crippen LogP contribution >= 0.6 is 11.6 Å². The molecule has 3 rings (SSSR count). The van der Waals surface area contributed by atoms with Gasteiger partial charge in [-0.25, -0.2) is 13.2 Å². The highest BCUT2D eigenvalue weighted by Crippen LogP contribution is 2.34. The minimum atomic E-state index is -3.34. The van der Waals surface area contributed by atoms with Gasteiger partial charge in [0, 0.05) is 11.1 Å². The summed E-state index contributed by atoms with van der Waals surface area (Å²) in [6.07, 6.45) is 1.76. The fraction of sp³-hybridized carbons (Fsp3) is 0.278. The fourth-order valence-corrected chi connectivity index (χ4v) is 4.44. The Bertz CT molecular complexity index is 909. The van der Waals surface area contributed by atoms with Gasteiger partial charge in [-0.3, -0.25) is 4.31 Å². The first-order valence-electron chi connectivity index (χ1n) is 7.79. The average Bonchev–Trinajstić information content (AvgIpc) is 2.88. The van der Waals surface area contributed by atoms with Crippen LogP contribution in [0.2, 0.25) is 5.02 Å². The van der Waals surface area contributed by atoms with Gasteiger partial charge < -0.3 is 4.74 Å². The van der Waals surface area contributed by atoms with Gasteiger partial charge in [0.25, 0.3) is 0 Å². The summed E-state index contributed by atoms with van der Waals surface area (Å²) >= 11 is 5.83. The number of rotatable bonds is 4. The van der Waals surface area contributed by atoms with E-state index < -0.39 is 16.0 Å². The van der Waals surface area contributed by atoms with Crippen LogP contribution in [0.4, 0.5) is 5.69 Å². The van der Waals surface area contributed by atoms with Crippen molar-refractivity contribution in [3.8, 4) is 0 Å². The molecule has 0 radical (unpaired) electrons.